The van der Waals surface area contributed by atoms with Gasteiger partial charge in [0.15, 0.2) is 0 Å². The molecule has 0 aromatic heterocycles. The number of nitrogens with zero attached hydrogens (tertiary/aromatic N) is 1. The molecule has 2 aromatic carbocycles. The van der Waals surface area contributed by atoms with Crippen molar-refractivity contribution in [3.63, 3.8) is 0 Å². The smallest absolute Gasteiger partial charge is 0.352 e. The molecule has 2 amide bonds. The topological polar surface area (TPSA) is 86.7 Å². The first-order chi connectivity index (χ1) is 15.0. The molecule has 9 heteroatoms. The second-order valence-electron chi connectivity index (χ2n) is 6.99. The number of halogens is 1. The highest BCUT2D eigenvalue weighted by molar-refractivity contribution is 14.1. The van der Waals surface area contributed by atoms with Crippen LogP contribution in [0.3, 0.4) is 0 Å². The number of fused-ring (bicyclic) bond motifs is 2. The molecule has 0 aliphatic carbocycles. The molecule has 2 N–H and O–H groups in total. The van der Waals surface area contributed by atoms with Gasteiger partial charge in [-0.15, -0.1) is 23.5 Å². The van der Waals surface area contributed by atoms with Crippen LogP contribution in [0.1, 0.15) is 0 Å². The Hall–Kier alpha value is -1.98. The Morgan fingerprint density at radius 2 is 2.03 bits per heavy atom. The highest BCUT2D eigenvalue weighted by atomic mass is 127. The third kappa shape index (κ3) is 4.63. The predicted octanol–water partition coefficient (Wildman–Crippen LogP) is 3.66. The van der Waals surface area contributed by atoms with Crippen LogP contribution in [0.4, 0.5) is 0 Å². The van der Waals surface area contributed by atoms with E-state index in [0.29, 0.717) is 11.3 Å². The van der Waals surface area contributed by atoms with Crippen LogP contribution in [0.5, 0.6) is 0 Å². The number of carboxylic acids is 1. The van der Waals surface area contributed by atoms with E-state index < -0.39 is 12.0 Å². The first-order valence-electron chi connectivity index (χ1n) is 9.54. The van der Waals surface area contributed by atoms with Gasteiger partial charge in [-0.3, -0.25) is 14.5 Å². The van der Waals surface area contributed by atoms with E-state index in [1.165, 1.54) is 28.4 Å². The van der Waals surface area contributed by atoms with Crippen molar-refractivity contribution in [3.05, 3.63) is 65.9 Å². The van der Waals surface area contributed by atoms with Crippen LogP contribution in [-0.4, -0.2) is 55.1 Å². The molecular weight excluding hydrogens is 547 g/mol. The van der Waals surface area contributed by atoms with Crippen LogP contribution in [0, 0.1) is 0 Å². The highest BCUT2D eigenvalue weighted by Crippen LogP contribution is 2.40. The Morgan fingerprint density at radius 1 is 1.26 bits per heavy atom. The van der Waals surface area contributed by atoms with Crippen molar-refractivity contribution in [1.29, 1.82) is 0 Å². The minimum atomic E-state index is -1.12. The number of carbonyl (C=O) groups excluding carboxylic acids is 2. The van der Waals surface area contributed by atoms with Gasteiger partial charge in [0.25, 0.3) is 5.91 Å². The Balaban J connectivity index is 1.38. The van der Waals surface area contributed by atoms with Gasteiger partial charge in [0, 0.05) is 15.1 Å². The van der Waals surface area contributed by atoms with Gasteiger partial charge in [-0.25, -0.2) is 4.79 Å². The third-order valence-electron chi connectivity index (χ3n) is 5.02. The average molecular weight is 566 g/mol. The normalized spacial score (nSPS) is 20.7. The summed E-state index contributed by atoms with van der Waals surface area (Å²) in [5.74, 6) is -1.07. The monoisotopic (exact) mass is 566 g/mol. The number of hydrogen-bond donors (Lipinski definition) is 2. The van der Waals surface area contributed by atoms with Gasteiger partial charge in [0.2, 0.25) is 5.91 Å². The van der Waals surface area contributed by atoms with E-state index in [1.54, 1.807) is 6.08 Å². The Labute approximate surface area is 201 Å². The van der Waals surface area contributed by atoms with E-state index in [-0.39, 0.29) is 28.6 Å². The lowest BCUT2D eigenvalue weighted by Gasteiger charge is -2.49. The number of alkyl halides is 1. The van der Waals surface area contributed by atoms with Crippen molar-refractivity contribution in [2.75, 3.05) is 15.9 Å². The Kier molecular flexibility index (Phi) is 6.92. The lowest BCUT2D eigenvalue weighted by molar-refractivity contribution is -0.150. The van der Waals surface area contributed by atoms with Crippen molar-refractivity contribution in [2.45, 2.75) is 16.3 Å². The maximum atomic E-state index is 12.7. The zero-order valence-corrected chi connectivity index (χ0v) is 20.1. The van der Waals surface area contributed by atoms with Crippen molar-refractivity contribution in [3.8, 4) is 0 Å². The molecule has 2 atom stereocenters. The lowest BCUT2D eigenvalue weighted by atomic mass is 10.0. The molecule has 4 rings (SSSR count). The minimum Gasteiger partial charge on any atom is -0.477 e. The summed E-state index contributed by atoms with van der Waals surface area (Å²) in [6, 6.07) is 13.4. The van der Waals surface area contributed by atoms with Gasteiger partial charge < -0.3 is 10.4 Å². The standard InChI is InChI=1S/C22H19IN2O4S2/c23-9-3-6-15-11-31-21-18(20(27)25(21)19(15)22(28)29)24-17(26)12-30-16-8-7-13-4-1-2-5-14(13)10-16/h1-8,10,18,21H,9,11-12H2,(H,24,26)(H,28,29)/b6-3+/t18-,21-/m1/s1. The van der Waals surface area contributed by atoms with E-state index in [2.05, 4.69) is 27.9 Å². The largest absolute Gasteiger partial charge is 0.477 e. The molecule has 0 bridgehead atoms. The van der Waals surface area contributed by atoms with Gasteiger partial charge in [0.1, 0.15) is 17.1 Å². The Bertz CT molecular complexity index is 1120. The fourth-order valence-corrected chi connectivity index (χ4v) is 5.91. The van der Waals surface area contributed by atoms with Crippen molar-refractivity contribution in [1.82, 2.24) is 10.2 Å². The number of rotatable bonds is 7. The summed E-state index contributed by atoms with van der Waals surface area (Å²) in [5.41, 5.74) is 0.640. The molecule has 160 valence electrons. The first kappa shape index (κ1) is 22.2. The van der Waals surface area contributed by atoms with E-state index in [9.17, 15) is 19.5 Å². The Morgan fingerprint density at radius 3 is 2.77 bits per heavy atom. The number of thioether (sulfide) groups is 2. The van der Waals surface area contributed by atoms with Crippen molar-refractivity contribution < 1.29 is 19.5 Å². The van der Waals surface area contributed by atoms with Crippen LogP contribution in [0.15, 0.2) is 70.8 Å². The van der Waals surface area contributed by atoms with Crippen LogP contribution in [-0.2, 0) is 14.4 Å². The van der Waals surface area contributed by atoms with Crippen LogP contribution >= 0.6 is 46.1 Å². The van der Waals surface area contributed by atoms with Gasteiger partial charge in [-0.1, -0.05) is 65.1 Å². The molecule has 2 aromatic rings. The number of benzene rings is 2. The summed E-state index contributed by atoms with van der Waals surface area (Å²) in [6.45, 7) is 0. The fraction of sp³-hybridized carbons (Fsp3) is 0.227. The van der Waals surface area contributed by atoms with Crippen LogP contribution in [0.25, 0.3) is 10.8 Å². The molecule has 2 aliphatic rings. The molecule has 1 fully saturated rings. The van der Waals surface area contributed by atoms with E-state index in [0.717, 1.165) is 20.1 Å². The van der Waals surface area contributed by atoms with E-state index >= 15 is 0 Å². The zero-order chi connectivity index (χ0) is 22.0. The molecule has 1 saturated heterocycles. The number of carbonyl (C=O) groups is 3. The number of β-lactam (4-membered cyclic amide) rings is 1. The second-order valence-corrected chi connectivity index (χ2v) is 10.0. The van der Waals surface area contributed by atoms with Gasteiger partial charge in [-0.2, -0.15) is 0 Å². The first-order valence-corrected chi connectivity index (χ1v) is 13.1. The van der Waals surface area contributed by atoms with Crippen molar-refractivity contribution in [2.24, 2.45) is 0 Å². The molecule has 0 saturated carbocycles. The molecule has 6 nitrogen and oxygen atoms in total. The zero-order valence-electron chi connectivity index (χ0n) is 16.3. The van der Waals surface area contributed by atoms with Gasteiger partial charge in [-0.05, 0) is 28.5 Å². The molecule has 0 radical (unpaired) electrons. The SMILES string of the molecule is O=C(CSc1ccc2ccccc2c1)N[C@@H]1C(=O)N2C(C(=O)O)=C(/C=C/CI)CS[C@H]12. The summed E-state index contributed by atoms with van der Waals surface area (Å²) in [4.78, 5) is 39.2. The second kappa shape index (κ2) is 9.66. The van der Waals surface area contributed by atoms with Crippen molar-refractivity contribution >= 4 is 74.7 Å². The molecular formula is C22H19IN2O4S2. The molecule has 0 spiro atoms. The van der Waals surface area contributed by atoms with Crippen LogP contribution in [0.2, 0.25) is 0 Å². The predicted molar refractivity (Wildman–Crippen MR) is 132 cm³/mol. The van der Waals surface area contributed by atoms with Gasteiger partial charge in [0.05, 0.1) is 5.75 Å². The highest BCUT2D eigenvalue weighted by Gasteiger charge is 2.53. The van der Waals surface area contributed by atoms with E-state index in [4.69, 9.17) is 0 Å². The molecule has 31 heavy (non-hydrogen) atoms. The lowest BCUT2D eigenvalue weighted by Crippen LogP contribution is -2.70. The third-order valence-corrected chi connectivity index (χ3v) is 7.82. The molecule has 0 unspecified atom stereocenters. The minimum absolute atomic E-state index is 0.0193. The van der Waals surface area contributed by atoms with E-state index in [1.807, 2.05) is 48.5 Å². The fourth-order valence-electron chi connectivity index (χ4n) is 3.58. The summed E-state index contributed by atoms with van der Waals surface area (Å²) in [5, 5.41) is 14.3. The summed E-state index contributed by atoms with van der Waals surface area (Å²) >= 11 is 5.05. The molecule has 2 aliphatic heterocycles. The number of carboxylic acid groups (broad SMARTS) is 1. The average Bonchev–Trinajstić information content (AvgIpc) is 2.78. The number of hydrogen-bond acceptors (Lipinski definition) is 5. The summed E-state index contributed by atoms with van der Waals surface area (Å²) < 4.78 is 0.754. The number of allylic oxidation sites excluding steroid dienone is 2. The number of nitrogens with one attached hydrogen (secondary N) is 1. The summed E-state index contributed by atoms with van der Waals surface area (Å²) in [6.07, 6.45) is 3.63. The number of aliphatic carboxylic acids is 1. The number of amides is 2. The maximum Gasteiger partial charge on any atom is 0.352 e. The molecule has 2 heterocycles. The van der Waals surface area contributed by atoms with Crippen LogP contribution < -0.4 is 5.32 Å². The van der Waals surface area contributed by atoms with Gasteiger partial charge >= 0.3 is 5.97 Å². The summed E-state index contributed by atoms with van der Waals surface area (Å²) in [7, 11) is 0. The quantitative estimate of drug-likeness (QED) is 0.230. The maximum absolute atomic E-state index is 12.7.